The molecule has 0 saturated carbocycles. The zero-order valence-electron chi connectivity index (χ0n) is 28.8. The summed E-state index contributed by atoms with van der Waals surface area (Å²) in [6.45, 7) is 6.17. The lowest BCUT2D eigenvalue weighted by atomic mass is 9.90. The molecule has 0 atom stereocenters. The van der Waals surface area contributed by atoms with Crippen LogP contribution in [-0.4, -0.2) is 18.0 Å². The lowest BCUT2D eigenvalue weighted by molar-refractivity contribution is 0.592. The lowest BCUT2D eigenvalue weighted by Crippen LogP contribution is -2.73. The van der Waals surface area contributed by atoms with E-state index in [2.05, 4.69) is 86.3 Å². The Balaban J connectivity index is 1.44. The van der Waals surface area contributed by atoms with Gasteiger partial charge >= 0.3 is 0 Å². The van der Waals surface area contributed by atoms with Crippen LogP contribution in [0, 0.1) is 6.92 Å². The monoisotopic (exact) mass is 702 g/mol. The number of aromatic nitrogens is 2. The first kappa shape index (κ1) is 32.0. The van der Waals surface area contributed by atoms with Gasteiger partial charge in [-0.05, 0) is 95.7 Å². The van der Waals surface area contributed by atoms with Crippen LogP contribution in [0.1, 0.15) is 11.1 Å². The first-order valence-electron chi connectivity index (χ1n) is 17.5. The predicted octanol–water partition coefficient (Wildman–Crippen LogP) is 7.29. The Bertz CT molecular complexity index is 2650. The van der Waals surface area contributed by atoms with E-state index in [1.54, 1.807) is 0 Å². The summed E-state index contributed by atoms with van der Waals surface area (Å²) < 4.78 is 15.9. The molecule has 0 radical (unpaired) electrons. The van der Waals surface area contributed by atoms with Gasteiger partial charge in [0.05, 0.1) is 0 Å². The van der Waals surface area contributed by atoms with E-state index in [0.29, 0.717) is 0 Å². The topological polar surface area (TPSA) is 42.9 Å². The summed E-state index contributed by atoms with van der Waals surface area (Å²) in [6, 6.07) is 48.6. The SMILES string of the molecule is C=C/C=C\c1c(C)c2cc3c(cc2c2ccccc12)[Si](c1cccnc1)(c1cccnc1)c1cc(P(=O)(c2ccccc2)c2ccccc2)ccc1-3. The van der Waals surface area contributed by atoms with Gasteiger partial charge in [-0.25, -0.2) is 0 Å². The van der Waals surface area contributed by atoms with Gasteiger partial charge in [-0.1, -0.05) is 140 Å². The van der Waals surface area contributed by atoms with Crippen molar-refractivity contribution >= 4 is 79.5 Å². The van der Waals surface area contributed by atoms with Crippen LogP contribution in [0.4, 0.5) is 0 Å². The van der Waals surface area contributed by atoms with Crippen LogP contribution >= 0.6 is 7.14 Å². The molecule has 0 aliphatic carbocycles. The summed E-state index contributed by atoms with van der Waals surface area (Å²) in [5.41, 5.74) is 4.81. The van der Waals surface area contributed by atoms with Crippen LogP contribution < -0.4 is 36.7 Å². The molecule has 2 aromatic heterocycles. The normalized spacial score (nSPS) is 13.3. The second-order valence-electron chi connectivity index (χ2n) is 13.4. The number of fused-ring (bicyclic) bond motifs is 6. The van der Waals surface area contributed by atoms with Gasteiger partial charge in [-0.15, -0.1) is 0 Å². The highest BCUT2D eigenvalue weighted by Crippen LogP contribution is 2.44. The summed E-state index contributed by atoms with van der Waals surface area (Å²) in [7, 11) is -6.34. The number of rotatable bonds is 7. The number of allylic oxidation sites excluding steroid dienone is 2. The number of pyridine rings is 2. The number of hydrogen-bond donors (Lipinski definition) is 0. The van der Waals surface area contributed by atoms with E-state index in [9.17, 15) is 0 Å². The maximum atomic E-state index is 15.9. The number of nitrogens with zero attached hydrogens (tertiary/aromatic N) is 2. The third-order valence-corrected chi connectivity index (χ3v) is 18.6. The first-order chi connectivity index (χ1) is 25.6. The molecular formula is C47H35N2OPSi. The number of benzene rings is 6. The van der Waals surface area contributed by atoms with Crippen molar-refractivity contribution in [1.29, 1.82) is 0 Å². The maximum absolute atomic E-state index is 15.9. The van der Waals surface area contributed by atoms with E-state index < -0.39 is 15.2 Å². The fourth-order valence-corrected chi connectivity index (χ4v) is 16.3. The van der Waals surface area contributed by atoms with E-state index in [0.717, 1.165) is 15.9 Å². The highest BCUT2D eigenvalue weighted by Gasteiger charge is 2.50. The molecule has 0 spiro atoms. The van der Waals surface area contributed by atoms with Crippen molar-refractivity contribution in [2.75, 3.05) is 0 Å². The van der Waals surface area contributed by atoms with Crippen LogP contribution in [0.2, 0.25) is 0 Å². The molecule has 9 rings (SSSR count). The van der Waals surface area contributed by atoms with Crippen LogP contribution in [0.3, 0.4) is 0 Å². The van der Waals surface area contributed by atoms with Crippen molar-refractivity contribution in [3.05, 3.63) is 194 Å². The fourth-order valence-electron chi connectivity index (χ4n) is 8.44. The second kappa shape index (κ2) is 12.7. The maximum Gasteiger partial charge on any atom is 0.184 e. The Labute approximate surface area is 305 Å². The molecule has 0 N–H and O–H groups in total. The van der Waals surface area contributed by atoms with Gasteiger partial charge in [0, 0.05) is 40.7 Å². The molecule has 3 nitrogen and oxygen atoms in total. The smallest absolute Gasteiger partial charge is 0.184 e. The molecule has 248 valence electrons. The predicted molar refractivity (Wildman–Crippen MR) is 223 cm³/mol. The van der Waals surface area contributed by atoms with Crippen molar-refractivity contribution in [2.24, 2.45) is 0 Å². The minimum atomic E-state index is -3.27. The van der Waals surface area contributed by atoms with Gasteiger partial charge in [-0.2, -0.15) is 0 Å². The summed E-state index contributed by atoms with van der Waals surface area (Å²) >= 11 is 0. The van der Waals surface area contributed by atoms with Crippen LogP contribution in [-0.2, 0) is 4.57 Å². The molecule has 1 aliphatic rings. The van der Waals surface area contributed by atoms with Crippen molar-refractivity contribution in [2.45, 2.75) is 6.92 Å². The van der Waals surface area contributed by atoms with E-state index >= 15 is 4.57 Å². The molecule has 6 aromatic carbocycles. The van der Waals surface area contributed by atoms with Crippen LogP contribution in [0.15, 0.2) is 183 Å². The third-order valence-electron chi connectivity index (χ3n) is 10.8. The third kappa shape index (κ3) is 4.69. The average Bonchev–Trinajstić information content (AvgIpc) is 3.50. The van der Waals surface area contributed by atoms with Crippen LogP contribution in [0.5, 0.6) is 0 Å². The molecule has 0 bridgehead atoms. The zero-order chi connectivity index (χ0) is 35.3. The van der Waals surface area contributed by atoms with Crippen LogP contribution in [0.25, 0.3) is 38.7 Å². The molecule has 3 heterocycles. The fraction of sp³-hybridized carbons (Fsp3) is 0.0213. The molecule has 0 fully saturated rings. The van der Waals surface area contributed by atoms with Gasteiger partial charge in [0.1, 0.15) is 0 Å². The lowest BCUT2D eigenvalue weighted by Gasteiger charge is -2.31. The Morgan fingerprint density at radius 1 is 0.577 bits per heavy atom. The summed E-state index contributed by atoms with van der Waals surface area (Å²) in [4.78, 5) is 9.44. The van der Waals surface area contributed by atoms with Gasteiger partial charge < -0.3 is 4.57 Å². The van der Waals surface area contributed by atoms with Gasteiger partial charge in [-0.3, -0.25) is 9.97 Å². The van der Waals surface area contributed by atoms with E-state index in [1.165, 1.54) is 64.5 Å². The quantitative estimate of drug-likeness (QED) is 0.0759. The molecule has 0 amide bonds. The van der Waals surface area contributed by atoms with Gasteiger partial charge in [0.15, 0.2) is 15.2 Å². The first-order valence-corrected chi connectivity index (χ1v) is 21.2. The van der Waals surface area contributed by atoms with Crippen molar-refractivity contribution < 1.29 is 4.57 Å². The minimum Gasteiger partial charge on any atom is -0.309 e. The molecule has 1 aliphatic heterocycles. The Hall–Kier alpha value is -5.93. The second-order valence-corrected chi connectivity index (χ2v) is 19.9. The number of hydrogen-bond acceptors (Lipinski definition) is 3. The summed E-state index contributed by atoms with van der Waals surface area (Å²) in [5.74, 6) is 0. The van der Waals surface area contributed by atoms with Crippen molar-refractivity contribution in [3.8, 4) is 11.1 Å². The molecule has 5 heteroatoms. The van der Waals surface area contributed by atoms with Crippen molar-refractivity contribution in [1.82, 2.24) is 9.97 Å². The average molecular weight is 703 g/mol. The standard InChI is InChI=1S/C47H35N2OPSi/c1-3-4-21-39-33(2)43-29-45-42-25-24-36(51(50,34-15-7-5-8-16-34)35-17-9-6-10-18-35)28-46(42)52(37-19-13-26-48-31-37,38-20-14-27-49-32-38)47(45)30-44(43)41-23-12-11-22-40(39)41/h3-32H,1H2,2H3/b21-4-. The number of aryl methyl sites for hydroxylation is 1. The largest absolute Gasteiger partial charge is 0.309 e. The van der Waals surface area contributed by atoms with Gasteiger partial charge in [0.2, 0.25) is 0 Å². The molecule has 8 aromatic rings. The van der Waals surface area contributed by atoms with Gasteiger partial charge in [0.25, 0.3) is 0 Å². The Morgan fingerprint density at radius 2 is 1.17 bits per heavy atom. The summed E-state index contributed by atoms with van der Waals surface area (Å²) in [6.07, 6.45) is 13.8. The van der Waals surface area contributed by atoms with E-state index in [1.807, 2.05) is 110 Å². The molecule has 52 heavy (non-hydrogen) atoms. The highest BCUT2D eigenvalue weighted by molar-refractivity contribution is 7.85. The molecule has 0 saturated heterocycles. The summed E-state index contributed by atoms with van der Waals surface area (Å²) in [5, 5.41) is 12.2. The minimum absolute atomic E-state index is 0.819. The Morgan fingerprint density at radius 3 is 1.77 bits per heavy atom. The Kier molecular flexibility index (Phi) is 7.81. The van der Waals surface area contributed by atoms with E-state index in [-0.39, 0.29) is 0 Å². The highest BCUT2D eigenvalue weighted by atomic mass is 31.2. The van der Waals surface area contributed by atoms with E-state index in [4.69, 9.17) is 9.97 Å². The van der Waals surface area contributed by atoms with Crippen molar-refractivity contribution in [3.63, 3.8) is 0 Å². The molecule has 0 unspecified atom stereocenters. The zero-order valence-corrected chi connectivity index (χ0v) is 30.7. The molecular weight excluding hydrogens is 668 g/mol.